The summed E-state index contributed by atoms with van der Waals surface area (Å²) >= 11 is 5.18. The number of carbonyl (C=O) groups is 1. The molecule has 1 rings (SSSR count). The molecule has 0 atom stereocenters. The number of pyridine rings is 1. The van der Waals surface area contributed by atoms with Gasteiger partial charge in [-0.05, 0) is 6.07 Å². The fourth-order valence-corrected chi connectivity index (χ4v) is 0.935. The molecule has 0 N–H and O–H groups in total. The number of hydrogen-bond acceptors (Lipinski definition) is 2. The molecule has 0 bridgehead atoms. The second-order valence-electron chi connectivity index (χ2n) is 2.16. The Morgan fingerprint density at radius 2 is 2.15 bits per heavy atom. The smallest absolute Gasteiger partial charge is 0.265 e. The van der Waals surface area contributed by atoms with Gasteiger partial charge in [-0.3, -0.25) is 4.79 Å². The topological polar surface area (TPSA) is 30.0 Å². The lowest BCUT2D eigenvalue weighted by Crippen LogP contribution is -1.98. The SMILES string of the molecule is O=Cc1cc(C(F)F)c(Cl)c(F)n1. The van der Waals surface area contributed by atoms with Gasteiger partial charge in [0, 0.05) is 5.56 Å². The molecule has 0 spiro atoms. The van der Waals surface area contributed by atoms with Crippen LogP contribution in [0.5, 0.6) is 0 Å². The number of hydrogen-bond donors (Lipinski definition) is 0. The van der Waals surface area contributed by atoms with Crippen molar-refractivity contribution in [3.05, 3.63) is 28.3 Å². The molecule has 0 aliphatic heterocycles. The third-order valence-corrected chi connectivity index (χ3v) is 1.70. The van der Waals surface area contributed by atoms with Crippen molar-refractivity contribution in [2.75, 3.05) is 0 Å². The van der Waals surface area contributed by atoms with Crippen LogP contribution < -0.4 is 0 Å². The van der Waals surface area contributed by atoms with Crippen molar-refractivity contribution in [2.45, 2.75) is 6.43 Å². The Hall–Kier alpha value is -1.10. The molecule has 0 aromatic carbocycles. The summed E-state index contributed by atoms with van der Waals surface area (Å²) in [6.45, 7) is 0. The van der Waals surface area contributed by atoms with E-state index in [0.29, 0.717) is 0 Å². The van der Waals surface area contributed by atoms with Crippen molar-refractivity contribution >= 4 is 17.9 Å². The standard InChI is InChI=1S/C7H3ClF3NO/c8-5-4(6(9)10)1-3(2-13)12-7(5)11/h1-2,6H. The number of alkyl halides is 2. The summed E-state index contributed by atoms with van der Waals surface area (Å²) < 4.78 is 36.9. The van der Waals surface area contributed by atoms with Gasteiger partial charge in [-0.1, -0.05) is 11.6 Å². The highest BCUT2D eigenvalue weighted by Gasteiger charge is 2.17. The first-order valence-electron chi connectivity index (χ1n) is 3.15. The van der Waals surface area contributed by atoms with E-state index in [9.17, 15) is 18.0 Å². The molecule has 13 heavy (non-hydrogen) atoms. The van der Waals surface area contributed by atoms with Crippen molar-refractivity contribution in [1.29, 1.82) is 0 Å². The molecule has 0 aliphatic carbocycles. The third kappa shape index (κ3) is 1.98. The van der Waals surface area contributed by atoms with Crippen LogP contribution in [0.1, 0.15) is 22.5 Å². The monoisotopic (exact) mass is 209 g/mol. The average Bonchev–Trinajstić information content (AvgIpc) is 2.09. The second kappa shape index (κ2) is 3.74. The Labute approximate surface area is 76.3 Å². The van der Waals surface area contributed by atoms with Gasteiger partial charge in [-0.25, -0.2) is 13.8 Å². The van der Waals surface area contributed by atoms with Gasteiger partial charge in [-0.15, -0.1) is 0 Å². The fraction of sp³-hybridized carbons (Fsp3) is 0.143. The number of aldehydes is 1. The van der Waals surface area contributed by atoms with E-state index in [-0.39, 0.29) is 6.29 Å². The number of carbonyl (C=O) groups excluding carboxylic acids is 1. The highest BCUT2D eigenvalue weighted by molar-refractivity contribution is 6.31. The predicted octanol–water partition coefficient (Wildman–Crippen LogP) is 2.62. The lowest BCUT2D eigenvalue weighted by Gasteiger charge is -2.03. The van der Waals surface area contributed by atoms with Crippen LogP contribution in [-0.4, -0.2) is 11.3 Å². The van der Waals surface area contributed by atoms with Gasteiger partial charge in [0.15, 0.2) is 6.29 Å². The van der Waals surface area contributed by atoms with Crippen molar-refractivity contribution in [1.82, 2.24) is 4.98 Å². The van der Waals surface area contributed by atoms with Crippen molar-refractivity contribution in [3.63, 3.8) is 0 Å². The first-order chi connectivity index (χ1) is 6.06. The van der Waals surface area contributed by atoms with Crippen LogP contribution in [0.2, 0.25) is 5.02 Å². The lowest BCUT2D eigenvalue weighted by molar-refractivity contribution is 0.111. The zero-order valence-electron chi connectivity index (χ0n) is 6.10. The number of halogens is 4. The lowest BCUT2D eigenvalue weighted by atomic mass is 10.2. The maximum atomic E-state index is 12.7. The molecule has 1 aromatic rings. The van der Waals surface area contributed by atoms with E-state index in [0.717, 1.165) is 6.07 Å². The van der Waals surface area contributed by atoms with Gasteiger partial charge in [0.25, 0.3) is 6.43 Å². The second-order valence-corrected chi connectivity index (χ2v) is 2.54. The van der Waals surface area contributed by atoms with Gasteiger partial charge >= 0.3 is 0 Å². The summed E-state index contributed by atoms with van der Waals surface area (Å²) in [5, 5.41) is -0.749. The molecule has 70 valence electrons. The van der Waals surface area contributed by atoms with E-state index in [1.165, 1.54) is 0 Å². The Morgan fingerprint density at radius 1 is 1.54 bits per heavy atom. The maximum Gasteiger partial charge on any atom is 0.265 e. The Morgan fingerprint density at radius 3 is 2.62 bits per heavy atom. The van der Waals surface area contributed by atoms with Gasteiger partial charge in [0.05, 0.1) is 0 Å². The quantitative estimate of drug-likeness (QED) is 0.554. The number of rotatable bonds is 2. The van der Waals surface area contributed by atoms with Crippen LogP contribution in [0.4, 0.5) is 13.2 Å². The largest absolute Gasteiger partial charge is 0.296 e. The molecular formula is C7H3ClF3NO. The first-order valence-corrected chi connectivity index (χ1v) is 3.53. The zero-order chi connectivity index (χ0) is 10.0. The minimum absolute atomic E-state index is 0.172. The first kappa shape index (κ1) is 9.98. The van der Waals surface area contributed by atoms with Crippen LogP contribution in [0.3, 0.4) is 0 Å². The molecule has 0 aliphatic rings. The molecular weight excluding hydrogens is 207 g/mol. The predicted molar refractivity (Wildman–Crippen MR) is 39.5 cm³/mol. The highest BCUT2D eigenvalue weighted by atomic mass is 35.5. The minimum atomic E-state index is -2.93. The van der Waals surface area contributed by atoms with Gasteiger partial charge in [-0.2, -0.15) is 4.39 Å². The highest BCUT2D eigenvalue weighted by Crippen LogP contribution is 2.28. The Balaban J connectivity index is 3.32. The molecule has 0 saturated carbocycles. The van der Waals surface area contributed by atoms with Crippen LogP contribution in [-0.2, 0) is 0 Å². The molecule has 0 radical (unpaired) electrons. The van der Waals surface area contributed by atoms with Crippen molar-refractivity contribution in [3.8, 4) is 0 Å². The van der Waals surface area contributed by atoms with E-state index in [4.69, 9.17) is 11.6 Å². The fourth-order valence-electron chi connectivity index (χ4n) is 0.756. The van der Waals surface area contributed by atoms with Crippen LogP contribution in [0.25, 0.3) is 0 Å². The number of nitrogens with zero attached hydrogens (tertiary/aromatic N) is 1. The molecule has 0 amide bonds. The maximum absolute atomic E-state index is 12.7. The van der Waals surface area contributed by atoms with Crippen molar-refractivity contribution < 1.29 is 18.0 Å². The molecule has 0 unspecified atom stereocenters. The molecule has 0 fully saturated rings. The molecule has 1 aromatic heterocycles. The number of aromatic nitrogens is 1. The molecule has 2 nitrogen and oxygen atoms in total. The van der Waals surface area contributed by atoms with E-state index < -0.39 is 28.7 Å². The van der Waals surface area contributed by atoms with Gasteiger partial charge in [0.2, 0.25) is 5.95 Å². The Bertz CT molecular complexity index is 343. The van der Waals surface area contributed by atoms with E-state index in [2.05, 4.69) is 4.98 Å². The Kier molecular flexibility index (Phi) is 2.87. The van der Waals surface area contributed by atoms with E-state index in [1.54, 1.807) is 0 Å². The van der Waals surface area contributed by atoms with Gasteiger partial charge < -0.3 is 0 Å². The minimum Gasteiger partial charge on any atom is -0.296 e. The summed E-state index contributed by atoms with van der Waals surface area (Å²) in [5.74, 6) is -1.26. The summed E-state index contributed by atoms with van der Waals surface area (Å²) in [4.78, 5) is 13.2. The van der Waals surface area contributed by atoms with Crippen LogP contribution in [0, 0.1) is 5.95 Å². The zero-order valence-corrected chi connectivity index (χ0v) is 6.86. The average molecular weight is 210 g/mol. The van der Waals surface area contributed by atoms with Crippen molar-refractivity contribution in [2.24, 2.45) is 0 Å². The molecule has 6 heteroatoms. The van der Waals surface area contributed by atoms with E-state index >= 15 is 0 Å². The molecule has 1 heterocycles. The summed E-state index contributed by atoms with van der Waals surface area (Å²) in [6.07, 6.45) is -2.76. The normalized spacial score (nSPS) is 10.5. The molecule has 0 saturated heterocycles. The summed E-state index contributed by atoms with van der Waals surface area (Å²) in [5.41, 5.74) is -1.13. The summed E-state index contributed by atoms with van der Waals surface area (Å²) in [7, 11) is 0. The van der Waals surface area contributed by atoms with Crippen LogP contribution in [0.15, 0.2) is 6.07 Å². The summed E-state index contributed by atoms with van der Waals surface area (Å²) in [6, 6.07) is 0.753. The van der Waals surface area contributed by atoms with Gasteiger partial charge in [0.1, 0.15) is 10.7 Å². The van der Waals surface area contributed by atoms with E-state index in [1.807, 2.05) is 0 Å². The van der Waals surface area contributed by atoms with Crippen LogP contribution >= 0.6 is 11.6 Å². The third-order valence-electron chi connectivity index (χ3n) is 1.32.